The smallest absolute Gasteiger partial charge is 0.248 e. The molecular weight excluding hydrogens is 221 g/mol. The highest BCUT2D eigenvalue weighted by Gasteiger charge is 2.08. The summed E-state index contributed by atoms with van der Waals surface area (Å²) in [4.78, 5) is 11.0. The van der Waals surface area contributed by atoms with E-state index < -0.39 is 5.91 Å². The van der Waals surface area contributed by atoms with E-state index in [9.17, 15) is 9.18 Å². The summed E-state index contributed by atoms with van der Waals surface area (Å²) in [5.74, 6) is -0.939. The summed E-state index contributed by atoms with van der Waals surface area (Å²) in [6, 6.07) is 5.89. The lowest BCUT2D eigenvalue weighted by atomic mass is 10.1. The molecule has 0 spiro atoms. The van der Waals surface area contributed by atoms with Gasteiger partial charge in [-0.05, 0) is 31.2 Å². The molecule has 0 aliphatic heterocycles. The molecular formula is C12H12FN3O. The number of nitrogens with two attached hydrogens (primary N) is 1. The van der Waals surface area contributed by atoms with Crippen LogP contribution in [0.1, 0.15) is 21.6 Å². The Labute approximate surface area is 97.9 Å². The lowest BCUT2D eigenvalue weighted by molar-refractivity contribution is 0.1000. The summed E-state index contributed by atoms with van der Waals surface area (Å²) in [6.07, 6.45) is 1.76. The van der Waals surface area contributed by atoms with Crippen LogP contribution in [0.25, 0.3) is 0 Å². The van der Waals surface area contributed by atoms with Gasteiger partial charge in [0, 0.05) is 17.3 Å². The molecule has 0 unspecified atom stereocenters. The van der Waals surface area contributed by atoms with Gasteiger partial charge in [-0.2, -0.15) is 5.10 Å². The van der Waals surface area contributed by atoms with Crippen LogP contribution in [0.5, 0.6) is 0 Å². The average Bonchev–Trinajstić information content (AvgIpc) is 2.67. The first kappa shape index (κ1) is 11.3. The average molecular weight is 233 g/mol. The first-order chi connectivity index (χ1) is 8.06. The molecule has 5 heteroatoms. The second-order valence-corrected chi connectivity index (χ2v) is 3.83. The number of rotatable bonds is 3. The minimum absolute atomic E-state index is 0.279. The van der Waals surface area contributed by atoms with Crippen molar-refractivity contribution >= 4 is 5.91 Å². The number of primary amides is 1. The van der Waals surface area contributed by atoms with E-state index in [1.165, 1.54) is 18.2 Å². The third kappa shape index (κ3) is 2.50. The Morgan fingerprint density at radius 3 is 2.82 bits per heavy atom. The summed E-state index contributed by atoms with van der Waals surface area (Å²) >= 11 is 0. The Morgan fingerprint density at radius 1 is 1.47 bits per heavy atom. The highest BCUT2D eigenvalue weighted by atomic mass is 19.1. The zero-order valence-electron chi connectivity index (χ0n) is 9.35. The largest absolute Gasteiger partial charge is 0.366 e. The first-order valence-corrected chi connectivity index (χ1v) is 5.14. The Hall–Kier alpha value is -2.17. The van der Waals surface area contributed by atoms with Gasteiger partial charge in [-0.15, -0.1) is 0 Å². The molecule has 2 rings (SSSR count). The van der Waals surface area contributed by atoms with Gasteiger partial charge in [0.15, 0.2) is 0 Å². The van der Waals surface area contributed by atoms with Gasteiger partial charge >= 0.3 is 0 Å². The molecule has 88 valence electrons. The second-order valence-electron chi connectivity index (χ2n) is 3.83. The van der Waals surface area contributed by atoms with Crippen molar-refractivity contribution in [2.75, 3.05) is 0 Å². The number of aryl methyl sites for hydroxylation is 1. The van der Waals surface area contributed by atoms with Crippen molar-refractivity contribution in [1.82, 2.24) is 9.78 Å². The molecule has 1 aromatic heterocycles. The number of aromatic nitrogens is 2. The number of benzene rings is 1. The van der Waals surface area contributed by atoms with Crippen LogP contribution in [0.15, 0.2) is 30.5 Å². The molecule has 0 aliphatic carbocycles. The van der Waals surface area contributed by atoms with E-state index in [1.54, 1.807) is 10.9 Å². The third-order valence-corrected chi connectivity index (χ3v) is 2.44. The van der Waals surface area contributed by atoms with Gasteiger partial charge in [0.1, 0.15) is 5.82 Å². The van der Waals surface area contributed by atoms with Crippen LogP contribution in [0.2, 0.25) is 0 Å². The van der Waals surface area contributed by atoms with E-state index in [-0.39, 0.29) is 12.4 Å². The van der Waals surface area contributed by atoms with Crippen LogP contribution in [0, 0.1) is 12.7 Å². The number of carbonyl (C=O) groups is 1. The van der Waals surface area contributed by atoms with E-state index in [2.05, 4.69) is 5.10 Å². The van der Waals surface area contributed by atoms with Crippen LogP contribution in [0.3, 0.4) is 0 Å². The van der Waals surface area contributed by atoms with Gasteiger partial charge in [-0.1, -0.05) is 0 Å². The molecule has 0 atom stereocenters. The molecule has 17 heavy (non-hydrogen) atoms. The highest BCUT2D eigenvalue weighted by Crippen LogP contribution is 2.12. The fourth-order valence-electron chi connectivity index (χ4n) is 1.57. The lowest BCUT2D eigenvalue weighted by Gasteiger charge is -2.05. The fraction of sp³-hybridized carbons (Fsp3) is 0.167. The summed E-state index contributed by atoms with van der Waals surface area (Å²) < 4.78 is 15.1. The van der Waals surface area contributed by atoms with Crippen LogP contribution in [-0.2, 0) is 6.54 Å². The van der Waals surface area contributed by atoms with Crippen molar-refractivity contribution in [3.05, 3.63) is 53.1 Å². The van der Waals surface area contributed by atoms with E-state index in [0.717, 1.165) is 5.69 Å². The van der Waals surface area contributed by atoms with Gasteiger partial charge < -0.3 is 5.73 Å². The topological polar surface area (TPSA) is 60.9 Å². The zero-order valence-corrected chi connectivity index (χ0v) is 9.35. The SMILES string of the molecule is Cc1ccn(Cc2cc(C(N)=O)ccc2F)n1. The van der Waals surface area contributed by atoms with Crippen LogP contribution < -0.4 is 5.73 Å². The van der Waals surface area contributed by atoms with E-state index in [4.69, 9.17) is 5.73 Å². The standard InChI is InChI=1S/C12H12FN3O/c1-8-4-5-16(15-8)7-10-6-9(12(14)17)2-3-11(10)13/h2-6H,7H2,1H3,(H2,14,17). The molecule has 2 aromatic rings. The van der Waals surface area contributed by atoms with Gasteiger partial charge in [0.2, 0.25) is 5.91 Å². The van der Waals surface area contributed by atoms with Crippen LogP contribution in [-0.4, -0.2) is 15.7 Å². The van der Waals surface area contributed by atoms with Crippen molar-refractivity contribution in [3.8, 4) is 0 Å². The monoisotopic (exact) mass is 233 g/mol. The van der Waals surface area contributed by atoms with Gasteiger partial charge in [0.25, 0.3) is 0 Å². The maximum atomic E-state index is 13.5. The lowest BCUT2D eigenvalue weighted by Crippen LogP contribution is -2.12. The molecule has 1 heterocycles. The van der Waals surface area contributed by atoms with Crippen LogP contribution in [0.4, 0.5) is 4.39 Å². The first-order valence-electron chi connectivity index (χ1n) is 5.14. The summed E-state index contributed by atoms with van der Waals surface area (Å²) in [5.41, 5.74) is 6.69. The van der Waals surface area contributed by atoms with Crippen molar-refractivity contribution in [2.24, 2.45) is 5.73 Å². The molecule has 0 saturated heterocycles. The summed E-state index contributed by atoms with van der Waals surface area (Å²) in [6.45, 7) is 2.13. The minimum atomic E-state index is -0.567. The van der Waals surface area contributed by atoms with Crippen LogP contribution >= 0.6 is 0 Å². The quantitative estimate of drug-likeness (QED) is 0.872. The maximum Gasteiger partial charge on any atom is 0.248 e. The summed E-state index contributed by atoms with van der Waals surface area (Å²) in [5, 5.41) is 4.16. The zero-order chi connectivity index (χ0) is 12.4. The number of nitrogens with zero attached hydrogens (tertiary/aromatic N) is 2. The normalized spacial score (nSPS) is 10.5. The molecule has 0 saturated carbocycles. The molecule has 1 amide bonds. The number of hydrogen-bond donors (Lipinski definition) is 1. The molecule has 2 N–H and O–H groups in total. The van der Waals surface area contributed by atoms with Crippen molar-refractivity contribution in [1.29, 1.82) is 0 Å². The van der Waals surface area contributed by atoms with E-state index >= 15 is 0 Å². The Morgan fingerprint density at radius 2 is 2.24 bits per heavy atom. The van der Waals surface area contributed by atoms with Crippen molar-refractivity contribution < 1.29 is 9.18 Å². The molecule has 0 fully saturated rings. The summed E-state index contributed by atoms with van der Waals surface area (Å²) in [7, 11) is 0. The Kier molecular flexibility index (Phi) is 2.91. The second kappa shape index (κ2) is 4.37. The molecule has 4 nitrogen and oxygen atoms in total. The molecule has 0 aliphatic rings. The van der Waals surface area contributed by atoms with E-state index in [1.807, 2.05) is 13.0 Å². The number of hydrogen-bond acceptors (Lipinski definition) is 2. The molecule has 0 radical (unpaired) electrons. The van der Waals surface area contributed by atoms with Crippen molar-refractivity contribution in [2.45, 2.75) is 13.5 Å². The van der Waals surface area contributed by atoms with Gasteiger partial charge in [-0.3, -0.25) is 9.48 Å². The predicted octanol–water partition coefficient (Wildman–Crippen LogP) is 1.48. The Balaban J connectivity index is 2.31. The molecule has 0 bridgehead atoms. The minimum Gasteiger partial charge on any atom is -0.366 e. The number of amides is 1. The van der Waals surface area contributed by atoms with E-state index in [0.29, 0.717) is 11.1 Å². The maximum absolute atomic E-state index is 13.5. The fourth-order valence-corrected chi connectivity index (χ4v) is 1.57. The molecule has 1 aromatic carbocycles. The van der Waals surface area contributed by atoms with Gasteiger partial charge in [-0.25, -0.2) is 4.39 Å². The number of carbonyl (C=O) groups excluding carboxylic acids is 1. The highest BCUT2D eigenvalue weighted by molar-refractivity contribution is 5.92. The third-order valence-electron chi connectivity index (χ3n) is 2.44. The Bertz CT molecular complexity index is 563. The van der Waals surface area contributed by atoms with Crippen molar-refractivity contribution in [3.63, 3.8) is 0 Å². The predicted molar refractivity (Wildman–Crippen MR) is 61.0 cm³/mol. The van der Waals surface area contributed by atoms with Gasteiger partial charge in [0.05, 0.1) is 12.2 Å². The number of halogens is 1.